The highest BCUT2D eigenvalue weighted by molar-refractivity contribution is 5.81. The van der Waals surface area contributed by atoms with Gasteiger partial charge in [0.05, 0.1) is 19.8 Å². The van der Waals surface area contributed by atoms with Crippen LogP contribution in [0.2, 0.25) is 0 Å². The first-order valence-electron chi connectivity index (χ1n) is 8.72. The van der Waals surface area contributed by atoms with Gasteiger partial charge >= 0.3 is 12.1 Å². The molecule has 0 atom stereocenters. The fourth-order valence-electron chi connectivity index (χ4n) is 1.97. The topological polar surface area (TPSA) is 80.3 Å². The molecule has 0 saturated carbocycles. The average molecular weight is 348 g/mol. The Hall–Kier alpha value is -1.18. The van der Waals surface area contributed by atoms with E-state index in [0.717, 1.165) is 44.9 Å². The van der Waals surface area contributed by atoms with E-state index in [4.69, 9.17) is 14.2 Å². The highest BCUT2D eigenvalue weighted by Crippen LogP contribution is 2.09. The molecule has 7 heteroatoms. The zero-order valence-corrected chi connectivity index (χ0v) is 15.1. The fourth-order valence-corrected chi connectivity index (χ4v) is 1.97. The van der Waals surface area contributed by atoms with Gasteiger partial charge in [0, 0.05) is 20.1 Å². The molecular formula is C17H32O7. The number of hydrogen-bond acceptors (Lipinski definition) is 7. The summed E-state index contributed by atoms with van der Waals surface area (Å²) < 4.78 is 24.4. The van der Waals surface area contributed by atoms with Gasteiger partial charge in [-0.25, -0.2) is 4.79 Å². The minimum Gasteiger partial charge on any atom is -0.434 e. The second kappa shape index (κ2) is 18.2. The number of methoxy groups -OCH3 is 1. The minimum atomic E-state index is -0.909. The summed E-state index contributed by atoms with van der Waals surface area (Å²) in [7, 11) is 1.64. The van der Waals surface area contributed by atoms with Crippen LogP contribution in [0.5, 0.6) is 0 Å². The minimum absolute atomic E-state index is 0.206. The predicted octanol–water partition coefficient (Wildman–Crippen LogP) is 3.44. The third-order valence-electron chi connectivity index (χ3n) is 3.23. The highest BCUT2D eigenvalue weighted by Gasteiger charge is 2.10. The molecule has 142 valence electrons. The van der Waals surface area contributed by atoms with Crippen LogP contribution in [0.4, 0.5) is 4.79 Å². The molecule has 24 heavy (non-hydrogen) atoms. The van der Waals surface area contributed by atoms with Crippen molar-refractivity contribution in [1.82, 2.24) is 0 Å². The molecule has 0 amide bonds. The van der Waals surface area contributed by atoms with Gasteiger partial charge in [-0.1, -0.05) is 32.1 Å². The summed E-state index contributed by atoms with van der Waals surface area (Å²) in [5.41, 5.74) is 0. The van der Waals surface area contributed by atoms with E-state index in [0.29, 0.717) is 26.6 Å². The molecule has 0 saturated heterocycles. The maximum Gasteiger partial charge on any atom is 0.516 e. The van der Waals surface area contributed by atoms with E-state index in [-0.39, 0.29) is 13.0 Å². The van der Waals surface area contributed by atoms with Gasteiger partial charge in [-0.15, -0.1) is 0 Å². The van der Waals surface area contributed by atoms with Crippen LogP contribution in [0, 0.1) is 0 Å². The summed E-state index contributed by atoms with van der Waals surface area (Å²) in [5.74, 6) is -0.515. The standard InChI is InChI=1S/C17H32O7/c1-3-23-17(19)24-16(18)11-9-7-5-4-6-8-10-12-21-15-22-14-13-20-2/h3-15H2,1-2H3. The zero-order valence-electron chi connectivity index (χ0n) is 15.1. The van der Waals surface area contributed by atoms with E-state index in [1.54, 1.807) is 14.0 Å². The Kier molecular flexibility index (Phi) is 17.3. The summed E-state index contributed by atoms with van der Waals surface area (Å²) in [4.78, 5) is 22.2. The first kappa shape index (κ1) is 22.8. The summed E-state index contributed by atoms with van der Waals surface area (Å²) >= 11 is 0. The van der Waals surface area contributed by atoms with Crippen LogP contribution in [0.1, 0.15) is 58.3 Å². The number of carbonyl (C=O) groups is 2. The lowest BCUT2D eigenvalue weighted by molar-refractivity contribution is -0.139. The number of rotatable bonds is 16. The quantitative estimate of drug-likeness (QED) is 0.183. The smallest absolute Gasteiger partial charge is 0.434 e. The lowest BCUT2D eigenvalue weighted by Crippen LogP contribution is -2.13. The van der Waals surface area contributed by atoms with Gasteiger partial charge in [0.15, 0.2) is 0 Å². The van der Waals surface area contributed by atoms with E-state index >= 15 is 0 Å². The molecule has 0 rings (SSSR count). The van der Waals surface area contributed by atoms with Gasteiger partial charge in [0.1, 0.15) is 6.79 Å². The molecule has 0 aliphatic heterocycles. The van der Waals surface area contributed by atoms with E-state index in [9.17, 15) is 9.59 Å². The largest absolute Gasteiger partial charge is 0.516 e. The number of hydrogen-bond donors (Lipinski definition) is 0. The molecule has 0 aromatic carbocycles. The molecular weight excluding hydrogens is 316 g/mol. The van der Waals surface area contributed by atoms with Crippen molar-refractivity contribution in [2.75, 3.05) is 40.3 Å². The van der Waals surface area contributed by atoms with Gasteiger partial charge in [0.2, 0.25) is 0 Å². The van der Waals surface area contributed by atoms with Crippen LogP contribution in [-0.4, -0.2) is 52.5 Å². The normalized spacial score (nSPS) is 10.6. The van der Waals surface area contributed by atoms with Crippen LogP contribution < -0.4 is 0 Å². The Morgan fingerprint density at radius 3 is 2.08 bits per heavy atom. The summed E-state index contributed by atoms with van der Waals surface area (Å²) in [6.07, 6.45) is 6.57. The Morgan fingerprint density at radius 2 is 1.42 bits per heavy atom. The van der Waals surface area contributed by atoms with Crippen molar-refractivity contribution in [1.29, 1.82) is 0 Å². The third kappa shape index (κ3) is 17.2. The Balaban J connectivity index is 3.17. The third-order valence-corrected chi connectivity index (χ3v) is 3.23. The van der Waals surface area contributed by atoms with Crippen molar-refractivity contribution in [2.24, 2.45) is 0 Å². The van der Waals surface area contributed by atoms with Gasteiger partial charge in [-0.05, 0) is 19.8 Å². The number of carbonyl (C=O) groups excluding carboxylic acids is 2. The Bertz CT molecular complexity index is 307. The van der Waals surface area contributed by atoms with E-state index in [1.165, 1.54) is 0 Å². The first-order chi connectivity index (χ1) is 11.7. The van der Waals surface area contributed by atoms with Crippen LogP contribution in [-0.2, 0) is 28.5 Å². The molecule has 0 unspecified atom stereocenters. The van der Waals surface area contributed by atoms with Gasteiger partial charge in [-0.2, -0.15) is 0 Å². The SMILES string of the molecule is CCOC(=O)OC(=O)CCCCCCCCCOCOCCOC. The molecule has 0 spiro atoms. The zero-order chi connectivity index (χ0) is 17.9. The predicted molar refractivity (Wildman–Crippen MR) is 88.7 cm³/mol. The van der Waals surface area contributed by atoms with E-state index in [2.05, 4.69) is 9.47 Å². The second-order valence-corrected chi connectivity index (χ2v) is 5.31. The monoisotopic (exact) mass is 348 g/mol. The van der Waals surface area contributed by atoms with E-state index < -0.39 is 12.1 Å². The van der Waals surface area contributed by atoms with Crippen molar-refractivity contribution in [3.63, 3.8) is 0 Å². The fraction of sp³-hybridized carbons (Fsp3) is 0.882. The molecule has 0 aromatic heterocycles. The molecule has 7 nitrogen and oxygen atoms in total. The van der Waals surface area contributed by atoms with Crippen LogP contribution >= 0.6 is 0 Å². The molecule has 0 heterocycles. The maximum absolute atomic E-state index is 11.3. The van der Waals surface area contributed by atoms with Gasteiger partial charge < -0.3 is 23.7 Å². The van der Waals surface area contributed by atoms with Crippen LogP contribution in [0.25, 0.3) is 0 Å². The van der Waals surface area contributed by atoms with Crippen molar-refractivity contribution in [2.45, 2.75) is 58.3 Å². The molecule has 0 N–H and O–H groups in total. The number of ether oxygens (including phenoxy) is 5. The lowest BCUT2D eigenvalue weighted by Gasteiger charge is -2.05. The first-order valence-corrected chi connectivity index (χ1v) is 8.72. The second-order valence-electron chi connectivity index (χ2n) is 5.31. The summed E-state index contributed by atoms with van der Waals surface area (Å²) in [5, 5.41) is 0. The van der Waals surface area contributed by atoms with Crippen LogP contribution in [0.15, 0.2) is 0 Å². The highest BCUT2D eigenvalue weighted by atomic mass is 16.7. The van der Waals surface area contributed by atoms with E-state index in [1.807, 2.05) is 0 Å². The van der Waals surface area contributed by atoms with Crippen LogP contribution in [0.3, 0.4) is 0 Å². The summed E-state index contributed by atoms with van der Waals surface area (Å²) in [6.45, 7) is 4.05. The Morgan fingerprint density at radius 1 is 0.792 bits per heavy atom. The van der Waals surface area contributed by atoms with Crippen molar-refractivity contribution in [3.05, 3.63) is 0 Å². The Labute approximate surface area is 144 Å². The molecule has 0 aliphatic rings. The maximum atomic E-state index is 11.3. The number of esters is 1. The molecule has 0 aliphatic carbocycles. The number of unbranched alkanes of at least 4 members (excludes halogenated alkanes) is 6. The molecule has 0 fully saturated rings. The van der Waals surface area contributed by atoms with Crippen molar-refractivity contribution >= 4 is 12.1 Å². The van der Waals surface area contributed by atoms with Gasteiger partial charge in [0.25, 0.3) is 0 Å². The molecule has 0 radical (unpaired) electrons. The molecule has 0 aromatic rings. The average Bonchev–Trinajstić information content (AvgIpc) is 2.55. The van der Waals surface area contributed by atoms with Crippen molar-refractivity contribution < 1.29 is 33.3 Å². The lowest BCUT2D eigenvalue weighted by atomic mass is 10.1. The van der Waals surface area contributed by atoms with Crippen molar-refractivity contribution in [3.8, 4) is 0 Å². The summed E-state index contributed by atoms with van der Waals surface area (Å²) in [6, 6.07) is 0. The molecule has 0 bridgehead atoms. The van der Waals surface area contributed by atoms with Gasteiger partial charge in [-0.3, -0.25) is 4.79 Å².